The standard InChI is InChI=1S/C30H29N3O3/c1-20-10-12-21(13-11-20)28-27(24-8-4-5-9-25(24)31-28)29-22-6-2-3-7-23(22)30(35)33(29)15-14-26(34)32-16-18-36-19-17-32/h2-13,29,31H,14-19H2,1H3. The lowest BCUT2D eigenvalue weighted by Gasteiger charge is -2.30. The third kappa shape index (κ3) is 3.88. The Hall–Kier alpha value is -3.90. The Morgan fingerprint density at radius 2 is 1.69 bits per heavy atom. The van der Waals surface area contributed by atoms with Gasteiger partial charge in [-0.1, -0.05) is 66.2 Å². The molecule has 1 unspecified atom stereocenters. The number of ether oxygens (including phenoxy) is 1. The van der Waals surface area contributed by atoms with Gasteiger partial charge in [0.2, 0.25) is 5.91 Å². The van der Waals surface area contributed by atoms with Crippen LogP contribution in [0.3, 0.4) is 0 Å². The van der Waals surface area contributed by atoms with Crippen molar-refractivity contribution in [3.63, 3.8) is 0 Å². The van der Waals surface area contributed by atoms with Gasteiger partial charge in [-0.15, -0.1) is 0 Å². The molecular weight excluding hydrogens is 450 g/mol. The molecular formula is C30H29N3O3. The third-order valence-corrected chi connectivity index (χ3v) is 7.35. The number of aryl methyl sites for hydroxylation is 1. The number of carbonyl (C=O) groups excluding carboxylic acids is 2. The lowest BCUT2D eigenvalue weighted by Crippen LogP contribution is -2.42. The summed E-state index contributed by atoms with van der Waals surface area (Å²) in [7, 11) is 0. The van der Waals surface area contributed by atoms with Crippen molar-refractivity contribution < 1.29 is 14.3 Å². The Morgan fingerprint density at radius 1 is 0.972 bits per heavy atom. The number of benzene rings is 3. The fourth-order valence-corrected chi connectivity index (χ4v) is 5.49. The summed E-state index contributed by atoms with van der Waals surface area (Å²) in [5.74, 6) is 0.0454. The Kier molecular flexibility index (Phi) is 5.82. The molecule has 2 amide bonds. The molecule has 1 N–H and O–H groups in total. The topological polar surface area (TPSA) is 65.6 Å². The number of aromatic nitrogens is 1. The number of fused-ring (bicyclic) bond motifs is 2. The van der Waals surface area contributed by atoms with Crippen LogP contribution in [0.15, 0.2) is 72.8 Å². The van der Waals surface area contributed by atoms with Crippen molar-refractivity contribution in [2.45, 2.75) is 19.4 Å². The fourth-order valence-electron chi connectivity index (χ4n) is 5.49. The summed E-state index contributed by atoms with van der Waals surface area (Å²) in [6.45, 7) is 4.79. The zero-order chi connectivity index (χ0) is 24.6. The molecule has 3 aromatic carbocycles. The SMILES string of the molecule is Cc1ccc(-c2[nH]c3ccccc3c2C2c3ccccc3C(=O)N2CCC(=O)N2CCOCC2)cc1. The summed E-state index contributed by atoms with van der Waals surface area (Å²) >= 11 is 0. The molecule has 0 aliphatic carbocycles. The van der Waals surface area contributed by atoms with E-state index < -0.39 is 0 Å². The van der Waals surface area contributed by atoms with E-state index in [0.717, 1.165) is 33.3 Å². The first kappa shape index (κ1) is 22.6. The summed E-state index contributed by atoms with van der Waals surface area (Å²) in [6, 6.07) is 24.3. The van der Waals surface area contributed by atoms with E-state index in [1.165, 1.54) is 5.56 Å². The highest BCUT2D eigenvalue weighted by Gasteiger charge is 2.40. The van der Waals surface area contributed by atoms with Crippen LogP contribution >= 0.6 is 0 Å². The van der Waals surface area contributed by atoms with E-state index in [2.05, 4.69) is 48.3 Å². The van der Waals surface area contributed by atoms with Gasteiger partial charge >= 0.3 is 0 Å². The van der Waals surface area contributed by atoms with E-state index in [1.54, 1.807) is 0 Å². The molecule has 0 radical (unpaired) electrons. The van der Waals surface area contributed by atoms with Crippen molar-refractivity contribution in [2.75, 3.05) is 32.8 Å². The van der Waals surface area contributed by atoms with E-state index in [4.69, 9.17) is 4.74 Å². The summed E-state index contributed by atoms with van der Waals surface area (Å²) in [4.78, 5) is 34.0. The number of para-hydroxylation sites is 1. The summed E-state index contributed by atoms with van der Waals surface area (Å²) in [5, 5.41) is 1.09. The van der Waals surface area contributed by atoms with E-state index >= 15 is 0 Å². The van der Waals surface area contributed by atoms with Gasteiger partial charge in [-0.3, -0.25) is 9.59 Å². The largest absolute Gasteiger partial charge is 0.378 e. The molecule has 1 fully saturated rings. The molecule has 0 bridgehead atoms. The van der Waals surface area contributed by atoms with Crippen LogP contribution in [0.2, 0.25) is 0 Å². The monoisotopic (exact) mass is 479 g/mol. The molecule has 0 saturated carbocycles. The van der Waals surface area contributed by atoms with Gasteiger partial charge in [0.1, 0.15) is 0 Å². The highest BCUT2D eigenvalue weighted by Crippen LogP contribution is 2.45. The van der Waals surface area contributed by atoms with Gasteiger partial charge in [-0.05, 0) is 30.2 Å². The number of nitrogens with one attached hydrogen (secondary N) is 1. The molecule has 2 aliphatic rings. The van der Waals surface area contributed by atoms with E-state index in [-0.39, 0.29) is 17.9 Å². The Bertz CT molecular complexity index is 1430. The number of carbonyl (C=O) groups is 2. The van der Waals surface area contributed by atoms with E-state index in [9.17, 15) is 9.59 Å². The van der Waals surface area contributed by atoms with Gasteiger partial charge in [-0.25, -0.2) is 0 Å². The maximum Gasteiger partial charge on any atom is 0.255 e. The average Bonchev–Trinajstić information content (AvgIpc) is 3.43. The number of rotatable bonds is 5. The Morgan fingerprint density at radius 3 is 2.50 bits per heavy atom. The van der Waals surface area contributed by atoms with Crippen LogP contribution in [0.25, 0.3) is 22.2 Å². The van der Waals surface area contributed by atoms with Gasteiger partial charge in [0, 0.05) is 48.1 Å². The van der Waals surface area contributed by atoms with Crippen molar-refractivity contribution >= 4 is 22.7 Å². The summed E-state index contributed by atoms with van der Waals surface area (Å²) in [5.41, 5.74) is 7.08. The van der Waals surface area contributed by atoms with Crippen molar-refractivity contribution in [3.8, 4) is 11.3 Å². The van der Waals surface area contributed by atoms with Gasteiger partial charge in [0.25, 0.3) is 5.91 Å². The lowest BCUT2D eigenvalue weighted by molar-refractivity contribution is -0.135. The Balaban J connectivity index is 1.44. The fraction of sp³-hybridized carbons (Fsp3) is 0.267. The quantitative estimate of drug-likeness (QED) is 0.441. The van der Waals surface area contributed by atoms with Crippen LogP contribution in [0.4, 0.5) is 0 Å². The van der Waals surface area contributed by atoms with Crippen LogP contribution in [0.5, 0.6) is 0 Å². The van der Waals surface area contributed by atoms with Crippen LogP contribution < -0.4 is 0 Å². The smallest absolute Gasteiger partial charge is 0.255 e. The minimum absolute atomic E-state index is 0.0227. The average molecular weight is 480 g/mol. The third-order valence-electron chi connectivity index (χ3n) is 7.35. The molecule has 3 heterocycles. The van der Waals surface area contributed by atoms with E-state index in [1.807, 2.05) is 46.2 Å². The molecule has 2 aliphatic heterocycles. The highest BCUT2D eigenvalue weighted by atomic mass is 16.5. The van der Waals surface area contributed by atoms with Gasteiger partial charge in [-0.2, -0.15) is 0 Å². The minimum Gasteiger partial charge on any atom is -0.378 e. The number of amides is 2. The number of aromatic amines is 1. The minimum atomic E-state index is -0.279. The van der Waals surface area contributed by atoms with E-state index in [0.29, 0.717) is 44.8 Å². The molecule has 6 nitrogen and oxygen atoms in total. The van der Waals surface area contributed by atoms with Gasteiger partial charge < -0.3 is 19.5 Å². The second kappa shape index (κ2) is 9.28. The molecule has 1 atom stereocenters. The summed E-state index contributed by atoms with van der Waals surface area (Å²) in [6.07, 6.45) is 0.290. The molecule has 4 aromatic rings. The predicted molar refractivity (Wildman–Crippen MR) is 140 cm³/mol. The number of H-pyrrole nitrogens is 1. The zero-order valence-electron chi connectivity index (χ0n) is 20.4. The van der Waals surface area contributed by atoms with Crippen molar-refractivity contribution in [3.05, 3.63) is 95.1 Å². The first-order valence-corrected chi connectivity index (χ1v) is 12.5. The molecule has 1 aromatic heterocycles. The van der Waals surface area contributed by atoms with Crippen LogP contribution in [-0.4, -0.2) is 59.4 Å². The highest BCUT2D eigenvalue weighted by molar-refractivity contribution is 6.02. The molecule has 6 heteroatoms. The number of nitrogens with zero attached hydrogens (tertiary/aromatic N) is 2. The number of hydrogen-bond donors (Lipinski definition) is 1. The second-order valence-corrected chi connectivity index (χ2v) is 9.56. The number of morpholine rings is 1. The maximum atomic E-state index is 13.7. The van der Waals surface area contributed by atoms with Gasteiger partial charge in [0.05, 0.1) is 24.9 Å². The van der Waals surface area contributed by atoms with Crippen molar-refractivity contribution in [2.24, 2.45) is 0 Å². The zero-order valence-corrected chi connectivity index (χ0v) is 20.4. The lowest BCUT2D eigenvalue weighted by atomic mass is 9.93. The second-order valence-electron chi connectivity index (χ2n) is 9.56. The molecule has 36 heavy (non-hydrogen) atoms. The van der Waals surface area contributed by atoms with Crippen LogP contribution in [-0.2, 0) is 9.53 Å². The maximum absolute atomic E-state index is 13.7. The predicted octanol–water partition coefficient (Wildman–Crippen LogP) is 4.94. The first-order valence-electron chi connectivity index (χ1n) is 12.5. The molecule has 1 saturated heterocycles. The normalized spacial score (nSPS) is 17.6. The first-order chi connectivity index (χ1) is 17.6. The molecule has 182 valence electrons. The van der Waals surface area contributed by atoms with Gasteiger partial charge in [0.15, 0.2) is 0 Å². The number of hydrogen-bond acceptors (Lipinski definition) is 3. The van der Waals surface area contributed by atoms with Crippen LogP contribution in [0, 0.1) is 6.92 Å². The molecule has 6 rings (SSSR count). The van der Waals surface area contributed by atoms with Crippen molar-refractivity contribution in [1.82, 2.24) is 14.8 Å². The summed E-state index contributed by atoms with van der Waals surface area (Å²) < 4.78 is 5.39. The Labute approximate surface area is 210 Å². The molecule has 0 spiro atoms. The van der Waals surface area contributed by atoms with Crippen LogP contribution in [0.1, 0.15) is 39.5 Å². The van der Waals surface area contributed by atoms with Crippen molar-refractivity contribution in [1.29, 1.82) is 0 Å².